The first kappa shape index (κ1) is 20.8. The van der Waals surface area contributed by atoms with E-state index in [1.54, 1.807) is 17.2 Å². The van der Waals surface area contributed by atoms with Crippen molar-refractivity contribution in [1.29, 1.82) is 0 Å². The Kier molecular flexibility index (Phi) is 6.15. The van der Waals surface area contributed by atoms with Crippen LogP contribution >= 0.6 is 0 Å². The normalized spacial score (nSPS) is 16.7. The van der Waals surface area contributed by atoms with Crippen molar-refractivity contribution in [3.8, 4) is 0 Å². The summed E-state index contributed by atoms with van der Waals surface area (Å²) in [5, 5.41) is 6.40. The van der Waals surface area contributed by atoms with E-state index in [4.69, 9.17) is 0 Å². The maximum Gasteiger partial charge on any atom is 0.243 e. The van der Waals surface area contributed by atoms with Gasteiger partial charge in [-0.3, -0.25) is 19.4 Å². The number of pyridine rings is 1. The third kappa shape index (κ3) is 5.31. The molecule has 1 atom stereocenters. The zero-order valence-corrected chi connectivity index (χ0v) is 17.2. The minimum absolute atomic E-state index is 0.0126. The number of amides is 3. The number of nitrogens with one attached hydrogen (secondary N) is 2. The second kappa shape index (κ2) is 8.59. The van der Waals surface area contributed by atoms with Crippen molar-refractivity contribution in [2.24, 2.45) is 5.41 Å². The van der Waals surface area contributed by atoms with Crippen LogP contribution in [-0.2, 0) is 14.4 Å². The van der Waals surface area contributed by atoms with Gasteiger partial charge in [0.2, 0.25) is 17.7 Å². The Morgan fingerprint density at radius 1 is 1.17 bits per heavy atom. The molecule has 0 saturated carbocycles. The van der Waals surface area contributed by atoms with Crippen molar-refractivity contribution in [3.05, 3.63) is 36.5 Å². The molecule has 0 spiro atoms. The number of benzene rings is 1. The van der Waals surface area contributed by atoms with E-state index in [1.807, 2.05) is 45.0 Å². The van der Waals surface area contributed by atoms with E-state index in [0.717, 1.165) is 11.8 Å². The average molecular weight is 396 g/mol. The summed E-state index contributed by atoms with van der Waals surface area (Å²) in [6.45, 7) is 6.44. The van der Waals surface area contributed by atoms with Crippen molar-refractivity contribution in [2.75, 3.05) is 18.4 Å². The number of nitrogens with zero attached hydrogens (tertiary/aromatic N) is 2. The molecule has 2 aromatic rings. The number of hydrogen-bond acceptors (Lipinski definition) is 4. The van der Waals surface area contributed by atoms with Crippen molar-refractivity contribution in [2.45, 2.75) is 46.1 Å². The number of para-hydroxylation sites is 1. The number of anilines is 1. The van der Waals surface area contributed by atoms with Gasteiger partial charge >= 0.3 is 0 Å². The highest BCUT2D eigenvalue weighted by atomic mass is 16.2. The predicted octanol–water partition coefficient (Wildman–Crippen LogP) is 2.72. The summed E-state index contributed by atoms with van der Waals surface area (Å²) in [7, 11) is 0. The lowest BCUT2D eigenvalue weighted by atomic mass is 9.91. The number of carbonyl (C=O) groups is 3. The zero-order chi connectivity index (χ0) is 21.0. The molecule has 29 heavy (non-hydrogen) atoms. The maximum atomic E-state index is 12.6. The van der Waals surface area contributed by atoms with Gasteiger partial charge in [-0.25, -0.2) is 0 Å². The Labute approximate surface area is 170 Å². The summed E-state index contributed by atoms with van der Waals surface area (Å²) in [5.41, 5.74) is 1.17. The van der Waals surface area contributed by atoms with Gasteiger partial charge in [0.05, 0.1) is 17.7 Å². The fraction of sp³-hybridized carbons (Fsp3) is 0.455. The summed E-state index contributed by atoms with van der Waals surface area (Å²) < 4.78 is 0. The molecule has 7 heteroatoms. The molecule has 0 radical (unpaired) electrons. The van der Waals surface area contributed by atoms with Gasteiger partial charge < -0.3 is 15.5 Å². The molecule has 1 aromatic heterocycles. The monoisotopic (exact) mass is 396 g/mol. The molecular formula is C22H28N4O3. The molecule has 1 aromatic carbocycles. The van der Waals surface area contributed by atoms with Gasteiger partial charge in [-0.1, -0.05) is 39.0 Å². The van der Waals surface area contributed by atoms with Crippen molar-refractivity contribution >= 4 is 34.3 Å². The van der Waals surface area contributed by atoms with Crippen LogP contribution in [0.15, 0.2) is 36.5 Å². The van der Waals surface area contributed by atoms with Crippen LogP contribution in [0.2, 0.25) is 0 Å². The van der Waals surface area contributed by atoms with Gasteiger partial charge in [-0.05, 0) is 30.4 Å². The smallest absolute Gasteiger partial charge is 0.243 e. The number of rotatable bonds is 5. The molecule has 2 heterocycles. The fourth-order valence-electron chi connectivity index (χ4n) is 3.58. The Morgan fingerprint density at radius 3 is 2.69 bits per heavy atom. The predicted molar refractivity (Wildman–Crippen MR) is 112 cm³/mol. The molecule has 1 fully saturated rings. The van der Waals surface area contributed by atoms with Gasteiger partial charge in [0.15, 0.2) is 0 Å². The lowest BCUT2D eigenvalue weighted by Crippen LogP contribution is -2.48. The first-order chi connectivity index (χ1) is 13.7. The second-order valence-corrected chi connectivity index (χ2v) is 8.63. The van der Waals surface area contributed by atoms with Crippen LogP contribution in [0.25, 0.3) is 10.9 Å². The number of aromatic nitrogens is 1. The molecule has 7 nitrogen and oxygen atoms in total. The quantitative estimate of drug-likeness (QED) is 0.813. The molecule has 0 bridgehead atoms. The van der Waals surface area contributed by atoms with Crippen LogP contribution in [0, 0.1) is 5.41 Å². The topological polar surface area (TPSA) is 91.4 Å². The van der Waals surface area contributed by atoms with Crippen LogP contribution in [0.3, 0.4) is 0 Å². The van der Waals surface area contributed by atoms with E-state index >= 15 is 0 Å². The summed E-state index contributed by atoms with van der Waals surface area (Å²) in [5.74, 6) is -0.626. The summed E-state index contributed by atoms with van der Waals surface area (Å²) in [4.78, 5) is 43.4. The number of fused-ring (bicyclic) bond motifs is 1. The minimum Gasteiger partial charge on any atom is -0.345 e. The highest BCUT2D eigenvalue weighted by Crippen LogP contribution is 2.25. The standard InChI is InChI=1S/C22H28N4O3/c1-22(2,3)13-19(28)26-12-6-10-17(26)21(29)24-14-18(27)25-16-9-4-7-15-8-5-11-23-20(15)16/h4-5,7-9,11,17H,6,10,12-14H2,1-3H3,(H,24,29)(H,25,27). The SMILES string of the molecule is CC(C)(C)CC(=O)N1CCCC1C(=O)NCC(=O)Nc1cccc2cccnc12. The lowest BCUT2D eigenvalue weighted by Gasteiger charge is -2.27. The highest BCUT2D eigenvalue weighted by Gasteiger charge is 2.35. The van der Waals surface area contributed by atoms with E-state index in [2.05, 4.69) is 15.6 Å². The Hall–Kier alpha value is -2.96. The van der Waals surface area contributed by atoms with E-state index in [0.29, 0.717) is 30.6 Å². The highest BCUT2D eigenvalue weighted by molar-refractivity contribution is 6.02. The molecule has 1 aliphatic rings. The zero-order valence-electron chi connectivity index (χ0n) is 17.2. The van der Waals surface area contributed by atoms with Crippen molar-refractivity contribution in [1.82, 2.24) is 15.2 Å². The van der Waals surface area contributed by atoms with E-state index in [9.17, 15) is 14.4 Å². The molecular weight excluding hydrogens is 368 g/mol. The van der Waals surface area contributed by atoms with Crippen LogP contribution < -0.4 is 10.6 Å². The van der Waals surface area contributed by atoms with E-state index < -0.39 is 6.04 Å². The fourth-order valence-corrected chi connectivity index (χ4v) is 3.58. The molecule has 3 amide bonds. The van der Waals surface area contributed by atoms with Crippen LogP contribution in [0.1, 0.15) is 40.0 Å². The molecule has 1 saturated heterocycles. The molecule has 3 rings (SSSR count). The largest absolute Gasteiger partial charge is 0.345 e. The number of hydrogen-bond donors (Lipinski definition) is 2. The first-order valence-corrected chi connectivity index (χ1v) is 9.95. The lowest BCUT2D eigenvalue weighted by molar-refractivity contribution is -0.140. The van der Waals surface area contributed by atoms with Gasteiger partial charge in [0, 0.05) is 24.5 Å². The third-order valence-corrected chi connectivity index (χ3v) is 4.89. The average Bonchev–Trinajstić information content (AvgIpc) is 3.15. The van der Waals surface area contributed by atoms with Gasteiger partial charge in [-0.15, -0.1) is 0 Å². The van der Waals surface area contributed by atoms with E-state index in [-0.39, 0.29) is 29.7 Å². The number of carbonyl (C=O) groups excluding carboxylic acids is 3. The molecule has 1 unspecified atom stereocenters. The summed E-state index contributed by atoms with van der Waals surface area (Å²) in [6.07, 6.45) is 3.48. The van der Waals surface area contributed by atoms with Gasteiger partial charge in [0.1, 0.15) is 6.04 Å². The summed E-state index contributed by atoms with van der Waals surface area (Å²) >= 11 is 0. The maximum absolute atomic E-state index is 12.6. The van der Waals surface area contributed by atoms with Crippen molar-refractivity contribution in [3.63, 3.8) is 0 Å². The molecule has 2 N–H and O–H groups in total. The van der Waals surface area contributed by atoms with Crippen LogP contribution in [-0.4, -0.2) is 46.7 Å². The van der Waals surface area contributed by atoms with Crippen molar-refractivity contribution < 1.29 is 14.4 Å². The minimum atomic E-state index is -0.503. The summed E-state index contributed by atoms with van der Waals surface area (Å²) in [6, 6.07) is 8.79. The molecule has 154 valence electrons. The Bertz CT molecular complexity index is 914. The molecule has 1 aliphatic heterocycles. The second-order valence-electron chi connectivity index (χ2n) is 8.63. The first-order valence-electron chi connectivity index (χ1n) is 9.95. The van der Waals surface area contributed by atoms with Gasteiger partial charge in [-0.2, -0.15) is 0 Å². The van der Waals surface area contributed by atoms with E-state index in [1.165, 1.54) is 0 Å². The number of likely N-dealkylation sites (tertiary alicyclic amines) is 1. The molecule has 0 aliphatic carbocycles. The third-order valence-electron chi connectivity index (χ3n) is 4.89. The van der Waals surface area contributed by atoms with Gasteiger partial charge in [0.25, 0.3) is 0 Å². The van der Waals surface area contributed by atoms with Crippen LogP contribution in [0.4, 0.5) is 5.69 Å². The Balaban J connectivity index is 1.57. The van der Waals surface area contributed by atoms with Crippen LogP contribution in [0.5, 0.6) is 0 Å². The Morgan fingerprint density at radius 2 is 1.93 bits per heavy atom.